The van der Waals surface area contributed by atoms with Crippen molar-refractivity contribution in [1.82, 2.24) is 0 Å². The van der Waals surface area contributed by atoms with E-state index in [1.165, 1.54) is 0 Å². The van der Waals surface area contributed by atoms with Crippen LogP contribution in [0.4, 0.5) is 0 Å². The second-order valence-corrected chi connectivity index (χ2v) is 1.54. The maximum atomic E-state index is 8.88. The van der Waals surface area contributed by atoms with Gasteiger partial charge in [0, 0.05) is 55.9 Å². The smallest absolute Gasteiger partial charge is 1.00 e. The minimum Gasteiger partial charge on any atom is -1.00 e. The molecular formula is H4FeLiMnO4PTi. The number of rotatable bonds is 0. The molecule has 3 N–H and O–H groups in total. The van der Waals surface area contributed by atoms with Crippen LogP contribution in [0.15, 0.2) is 0 Å². The Morgan fingerprint density at radius 1 is 1.22 bits per heavy atom. The van der Waals surface area contributed by atoms with E-state index in [-0.39, 0.29) is 76.1 Å². The van der Waals surface area contributed by atoms with Crippen LogP contribution >= 0.6 is 7.82 Å². The van der Waals surface area contributed by atoms with Gasteiger partial charge in [0.2, 0.25) is 0 Å². The molecule has 4 nitrogen and oxygen atoms in total. The fourth-order valence-corrected chi connectivity index (χ4v) is 0. The first-order chi connectivity index (χ1) is 2.00. The van der Waals surface area contributed by atoms with E-state index in [0.29, 0.717) is 0 Å². The Morgan fingerprint density at radius 3 is 1.22 bits per heavy atom. The maximum absolute atomic E-state index is 8.88. The van der Waals surface area contributed by atoms with E-state index in [1.54, 1.807) is 0 Å². The first-order valence-electron chi connectivity index (χ1n) is 0.783. The summed E-state index contributed by atoms with van der Waals surface area (Å²) in [5.74, 6) is 0. The Balaban J connectivity index is -0.00000000800. The van der Waals surface area contributed by atoms with Gasteiger partial charge in [-0.3, -0.25) is 0 Å². The van der Waals surface area contributed by atoms with Gasteiger partial charge in [-0.25, -0.2) is 4.57 Å². The summed E-state index contributed by atoms with van der Waals surface area (Å²) in [6.45, 7) is 0. The average Bonchev–Trinajstić information content (AvgIpc) is 0.722. The van der Waals surface area contributed by atoms with E-state index < -0.39 is 7.82 Å². The normalized spacial score (nSPS) is 6.56. The van der Waals surface area contributed by atoms with Gasteiger partial charge in [-0.05, 0) is 0 Å². The molecule has 0 spiro atoms. The molecule has 0 atom stereocenters. The summed E-state index contributed by atoms with van der Waals surface area (Å²) in [6, 6.07) is 0. The number of hydrogen-bond donors (Lipinski definition) is 3. The predicted molar refractivity (Wildman–Crippen MR) is 15.4 cm³/mol. The minimum atomic E-state index is -4.64. The summed E-state index contributed by atoms with van der Waals surface area (Å²) >= 11 is 0. The van der Waals surface area contributed by atoms with Crippen molar-refractivity contribution in [3.8, 4) is 0 Å². The monoisotopic (exact) mass is 265 g/mol. The zero-order chi connectivity index (χ0) is 4.50. The second-order valence-electron chi connectivity index (χ2n) is 0.513. The van der Waals surface area contributed by atoms with Crippen molar-refractivity contribution in [1.29, 1.82) is 0 Å². The summed E-state index contributed by atoms with van der Waals surface area (Å²) in [6.07, 6.45) is 0. The Morgan fingerprint density at radius 2 is 1.22 bits per heavy atom. The van der Waals surface area contributed by atoms with Gasteiger partial charge in [0.25, 0.3) is 0 Å². The van der Waals surface area contributed by atoms with E-state index in [0.717, 1.165) is 0 Å². The van der Waals surface area contributed by atoms with Gasteiger partial charge in [-0.15, -0.1) is 0 Å². The van der Waals surface area contributed by atoms with Crippen molar-refractivity contribution in [2.45, 2.75) is 0 Å². The van der Waals surface area contributed by atoms with Crippen LogP contribution < -0.4 is 18.9 Å². The van der Waals surface area contributed by atoms with Gasteiger partial charge in [0.1, 0.15) is 0 Å². The van der Waals surface area contributed by atoms with Crippen LogP contribution in [-0.2, 0) is 60.4 Å². The Hall–Kier alpha value is 2.46. The molecule has 9 heteroatoms. The fraction of sp³-hybridized carbons (Fsp3) is 0. The van der Waals surface area contributed by atoms with E-state index in [2.05, 4.69) is 0 Å². The molecule has 9 heavy (non-hydrogen) atoms. The molecule has 0 saturated heterocycles. The molecule has 0 heterocycles. The topological polar surface area (TPSA) is 77.8 Å². The van der Waals surface area contributed by atoms with Crippen LogP contribution in [0, 0.1) is 0 Å². The van der Waals surface area contributed by atoms with Crippen LogP contribution in [0.25, 0.3) is 0 Å². The Kier molecular flexibility index (Phi) is 43.7. The third kappa shape index (κ3) is 124. The summed E-state index contributed by atoms with van der Waals surface area (Å²) in [4.78, 5) is 21.6. The first-order valence-corrected chi connectivity index (χ1v) is 2.35. The molecule has 1 radical (unpaired) electrons. The SMILES string of the molecule is O=P(O)(O)O.[Fe].[H-].[Li+].[Mn].[Ti]. The van der Waals surface area contributed by atoms with Crippen molar-refractivity contribution < 1.29 is 95.4 Å². The van der Waals surface area contributed by atoms with E-state index in [9.17, 15) is 0 Å². The van der Waals surface area contributed by atoms with Crippen molar-refractivity contribution in [3.63, 3.8) is 0 Å². The van der Waals surface area contributed by atoms with Crippen molar-refractivity contribution in [2.75, 3.05) is 0 Å². The van der Waals surface area contributed by atoms with Crippen LogP contribution in [0.1, 0.15) is 1.43 Å². The average molecular weight is 265 g/mol. The molecule has 0 aromatic rings. The number of phosphoric acid groups is 1. The largest absolute Gasteiger partial charge is 1.00 e. The van der Waals surface area contributed by atoms with E-state index >= 15 is 0 Å². The van der Waals surface area contributed by atoms with Gasteiger partial charge in [-0.2, -0.15) is 0 Å². The van der Waals surface area contributed by atoms with E-state index in [4.69, 9.17) is 19.2 Å². The molecule has 0 bridgehead atoms. The summed E-state index contributed by atoms with van der Waals surface area (Å²) in [5, 5.41) is 0. The fourth-order valence-electron chi connectivity index (χ4n) is 0. The van der Waals surface area contributed by atoms with Gasteiger partial charge < -0.3 is 16.1 Å². The zero-order valence-corrected chi connectivity index (χ0v) is 9.17. The first kappa shape index (κ1) is 30.0. The molecule has 0 fully saturated rings. The van der Waals surface area contributed by atoms with Gasteiger partial charge in [0.05, 0.1) is 0 Å². The molecule has 0 aliphatic carbocycles. The van der Waals surface area contributed by atoms with Crippen LogP contribution in [0.2, 0.25) is 0 Å². The summed E-state index contributed by atoms with van der Waals surface area (Å²) in [7, 11) is -4.64. The summed E-state index contributed by atoms with van der Waals surface area (Å²) in [5.41, 5.74) is 0. The standard InChI is InChI=1S/Fe.Li.Mn.H3O4P.Ti.H/c;;;1-5(2,3)4;;/h;;;(H3,1,2,3,4);;/q;+1;;;;-1. The third-order valence-corrected chi connectivity index (χ3v) is 0. The molecular weight excluding hydrogens is 261 g/mol. The number of hydrogen-bond acceptors (Lipinski definition) is 1. The molecule has 0 rings (SSSR count). The minimum absolute atomic E-state index is 0. The summed E-state index contributed by atoms with van der Waals surface area (Å²) < 4.78 is 8.88. The zero-order valence-electron chi connectivity index (χ0n) is 5.43. The van der Waals surface area contributed by atoms with Crippen molar-refractivity contribution in [2.24, 2.45) is 0 Å². The molecule has 0 aromatic heterocycles. The van der Waals surface area contributed by atoms with E-state index in [1.807, 2.05) is 0 Å². The van der Waals surface area contributed by atoms with Gasteiger partial charge in [-0.1, -0.05) is 0 Å². The molecule has 0 saturated carbocycles. The quantitative estimate of drug-likeness (QED) is 0.310. The molecule has 0 aliphatic rings. The van der Waals surface area contributed by atoms with Gasteiger partial charge in [0.15, 0.2) is 0 Å². The van der Waals surface area contributed by atoms with Gasteiger partial charge >= 0.3 is 26.7 Å². The molecule has 0 unspecified atom stereocenters. The molecule has 0 aliphatic heterocycles. The maximum Gasteiger partial charge on any atom is 1.00 e. The second kappa shape index (κ2) is 13.1. The van der Waals surface area contributed by atoms with Crippen LogP contribution in [0.3, 0.4) is 0 Å². The molecule has 53 valence electrons. The molecule has 0 aromatic carbocycles. The van der Waals surface area contributed by atoms with Crippen LogP contribution in [0.5, 0.6) is 0 Å². The molecule has 0 amide bonds. The van der Waals surface area contributed by atoms with Crippen molar-refractivity contribution in [3.05, 3.63) is 0 Å². The van der Waals surface area contributed by atoms with Crippen molar-refractivity contribution >= 4 is 7.82 Å². The van der Waals surface area contributed by atoms with Crippen LogP contribution in [-0.4, -0.2) is 14.7 Å². The Labute approximate surface area is 102 Å². The third-order valence-electron chi connectivity index (χ3n) is 0. The predicted octanol–water partition coefficient (Wildman–Crippen LogP) is -3.82. The Bertz CT molecular complexity index is 71.4.